The van der Waals surface area contributed by atoms with E-state index in [-0.39, 0.29) is 11.8 Å². The van der Waals surface area contributed by atoms with Crippen LogP contribution in [0.1, 0.15) is 33.5 Å². The number of imidazole rings is 1. The predicted molar refractivity (Wildman–Crippen MR) is 106 cm³/mol. The summed E-state index contributed by atoms with van der Waals surface area (Å²) in [6.45, 7) is 1.05. The van der Waals surface area contributed by atoms with Crippen molar-refractivity contribution in [3.05, 3.63) is 77.4 Å². The van der Waals surface area contributed by atoms with E-state index in [2.05, 4.69) is 15.3 Å². The van der Waals surface area contributed by atoms with Gasteiger partial charge < -0.3 is 19.8 Å². The molecule has 1 aliphatic heterocycles. The molecule has 28 heavy (non-hydrogen) atoms. The predicted octanol–water partition coefficient (Wildman–Crippen LogP) is 3.11. The number of hydrogen-bond acceptors (Lipinski definition) is 4. The Kier molecular flexibility index (Phi) is 5.28. The maximum absolute atomic E-state index is 12.5. The fraction of sp³-hybridized carbons (Fsp3) is 0.273. The molecule has 0 aliphatic carbocycles. The van der Waals surface area contributed by atoms with Gasteiger partial charge in [0, 0.05) is 24.6 Å². The van der Waals surface area contributed by atoms with Crippen LogP contribution in [0.15, 0.2) is 54.6 Å². The van der Waals surface area contributed by atoms with Gasteiger partial charge in [0.15, 0.2) is 0 Å². The van der Waals surface area contributed by atoms with Crippen molar-refractivity contribution < 1.29 is 14.3 Å². The van der Waals surface area contributed by atoms with Gasteiger partial charge in [0.25, 0.3) is 5.91 Å². The molecule has 3 aromatic rings. The van der Waals surface area contributed by atoms with E-state index >= 15 is 0 Å². The van der Waals surface area contributed by atoms with Gasteiger partial charge in [-0.25, -0.2) is 4.98 Å². The van der Waals surface area contributed by atoms with Crippen LogP contribution in [0.3, 0.4) is 0 Å². The van der Waals surface area contributed by atoms with Gasteiger partial charge in [-0.1, -0.05) is 36.4 Å². The smallest absolute Gasteiger partial charge is 0.271 e. The molecule has 6 nitrogen and oxygen atoms in total. The molecule has 0 spiro atoms. The SMILES string of the molecule is COc1ccccc1[C@@H]1CNC(=O)c2nc(CCOc3ccccc3)[nH]c2C1. The normalized spacial score (nSPS) is 16.0. The van der Waals surface area contributed by atoms with Crippen LogP contribution in [0, 0.1) is 0 Å². The standard InChI is InChI=1S/C22H23N3O3/c1-27-19-10-6-5-9-17(19)15-13-18-21(22(26)23-14-15)25-20(24-18)11-12-28-16-7-3-2-4-8-16/h2-10,15H,11-14H2,1H3,(H,23,26)(H,24,25)/t15-/m0/s1. The van der Waals surface area contributed by atoms with Gasteiger partial charge >= 0.3 is 0 Å². The summed E-state index contributed by atoms with van der Waals surface area (Å²) in [4.78, 5) is 20.3. The van der Waals surface area contributed by atoms with Gasteiger partial charge in [-0.2, -0.15) is 0 Å². The lowest BCUT2D eigenvalue weighted by Gasteiger charge is -2.17. The molecule has 1 atom stereocenters. The zero-order valence-corrected chi connectivity index (χ0v) is 15.8. The number of carbonyl (C=O) groups excluding carboxylic acids is 1. The first kappa shape index (κ1) is 18.1. The average Bonchev–Trinajstić information content (AvgIpc) is 3.07. The zero-order chi connectivity index (χ0) is 19.3. The molecule has 0 radical (unpaired) electrons. The Morgan fingerprint density at radius 3 is 2.71 bits per heavy atom. The molecule has 144 valence electrons. The number of rotatable bonds is 6. The Hall–Kier alpha value is -3.28. The first-order valence-electron chi connectivity index (χ1n) is 9.41. The monoisotopic (exact) mass is 377 g/mol. The Morgan fingerprint density at radius 1 is 1.11 bits per heavy atom. The van der Waals surface area contributed by atoms with E-state index in [1.165, 1.54) is 0 Å². The highest BCUT2D eigenvalue weighted by molar-refractivity contribution is 5.94. The molecule has 1 amide bonds. The maximum atomic E-state index is 12.5. The molecule has 6 heteroatoms. The topological polar surface area (TPSA) is 76.2 Å². The number of aromatic nitrogens is 2. The minimum absolute atomic E-state index is 0.121. The number of fused-ring (bicyclic) bond motifs is 1. The molecule has 1 aromatic heterocycles. The molecule has 2 heterocycles. The van der Waals surface area contributed by atoms with Gasteiger partial charge in [0.1, 0.15) is 23.0 Å². The summed E-state index contributed by atoms with van der Waals surface area (Å²) >= 11 is 0. The number of nitrogens with one attached hydrogen (secondary N) is 2. The van der Waals surface area contributed by atoms with Gasteiger partial charge in [-0.3, -0.25) is 4.79 Å². The summed E-state index contributed by atoms with van der Waals surface area (Å²) in [5, 5.41) is 2.99. The second kappa shape index (κ2) is 8.17. The fourth-order valence-corrected chi connectivity index (χ4v) is 3.54. The molecule has 2 N–H and O–H groups in total. The highest BCUT2D eigenvalue weighted by Gasteiger charge is 2.27. The summed E-state index contributed by atoms with van der Waals surface area (Å²) in [7, 11) is 1.67. The number of benzene rings is 2. The van der Waals surface area contributed by atoms with Crippen molar-refractivity contribution in [1.82, 2.24) is 15.3 Å². The van der Waals surface area contributed by atoms with Crippen molar-refractivity contribution in [2.45, 2.75) is 18.8 Å². The summed E-state index contributed by atoms with van der Waals surface area (Å²) in [6.07, 6.45) is 1.30. The van der Waals surface area contributed by atoms with E-state index in [1.54, 1.807) is 7.11 Å². The molecule has 1 aliphatic rings. The van der Waals surface area contributed by atoms with E-state index in [4.69, 9.17) is 9.47 Å². The molecule has 0 fully saturated rings. The lowest BCUT2D eigenvalue weighted by atomic mass is 9.93. The number of nitrogens with zero attached hydrogens (tertiary/aromatic N) is 1. The van der Waals surface area contributed by atoms with Gasteiger partial charge in [0.05, 0.1) is 13.7 Å². The van der Waals surface area contributed by atoms with Gasteiger partial charge in [-0.05, 0) is 30.2 Å². The molecular formula is C22H23N3O3. The first-order valence-corrected chi connectivity index (χ1v) is 9.41. The number of ether oxygens (including phenoxy) is 2. The van der Waals surface area contributed by atoms with Crippen LogP contribution in [-0.2, 0) is 12.8 Å². The number of aromatic amines is 1. The zero-order valence-electron chi connectivity index (χ0n) is 15.8. The summed E-state index contributed by atoms with van der Waals surface area (Å²) in [5.74, 6) is 2.40. The van der Waals surface area contributed by atoms with Crippen molar-refractivity contribution in [2.75, 3.05) is 20.3 Å². The Balaban J connectivity index is 1.49. The third kappa shape index (κ3) is 3.86. The Bertz CT molecular complexity index is 953. The first-order chi connectivity index (χ1) is 13.7. The van der Waals surface area contributed by atoms with E-state index in [9.17, 15) is 4.79 Å². The highest BCUT2D eigenvalue weighted by Crippen LogP contribution is 2.30. The van der Waals surface area contributed by atoms with Crippen LogP contribution in [0.2, 0.25) is 0 Å². The summed E-state index contributed by atoms with van der Waals surface area (Å²) < 4.78 is 11.2. The molecule has 0 bridgehead atoms. The number of amides is 1. The van der Waals surface area contributed by atoms with Crippen molar-refractivity contribution >= 4 is 5.91 Å². The van der Waals surface area contributed by atoms with Crippen LogP contribution in [0.25, 0.3) is 0 Å². The number of hydrogen-bond donors (Lipinski definition) is 2. The van der Waals surface area contributed by atoms with Crippen LogP contribution in [0.4, 0.5) is 0 Å². The third-order valence-electron chi connectivity index (χ3n) is 4.93. The Morgan fingerprint density at radius 2 is 1.89 bits per heavy atom. The lowest BCUT2D eigenvalue weighted by molar-refractivity contribution is 0.0950. The third-order valence-corrected chi connectivity index (χ3v) is 4.93. The Labute approximate surface area is 163 Å². The van der Waals surface area contributed by atoms with Crippen LogP contribution in [0.5, 0.6) is 11.5 Å². The van der Waals surface area contributed by atoms with Crippen molar-refractivity contribution in [2.24, 2.45) is 0 Å². The largest absolute Gasteiger partial charge is 0.496 e. The van der Waals surface area contributed by atoms with Crippen molar-refractivity contribution in [3.63, 3.8) is 0 Å². The number of para-hydroxylation sites is 2. The highest BCUT2D eigenvalue weighted by atomic mass is 16.5. The van der Waals surface area contributed by atoms with Gasteiger partial charge in [-0.15, -0.1) is 0 Å². The number of carbonyl (C=O) groups is 1. The average molecular weight is 377 g/mol. The van der Waals surface area contributed by atoms with Crippen LogP contribution >= 0.6 is 0 Å². The minimum Gasteiger partial charge on any atom is -0.496 e. The van der Waals surface area contributed by atoms with E-state index in [0.29, 0.717) is 31.7 Å². The van der Waals surface area contributed by atoms with Crippen molar-refractivity contribution in [3.8, 4) is 11.5 Å². The molecule has 0 unspecified atom stereocenters. The fourth-order valence-electron chi connectivity index (χ4n) is 3.54. The molecular weight excluding hydrogens is 354 g/mol. The summed E-state index contributed by atoms with van der Waals surface area (Å²) in [6, 6.07) is 17.6. The van der Waals surface area contributed by atoms with Crippen molar-refractivity contribution in [1.29, 1.82) is 0 Å². The van der Waals surface area contributed by atoms with Gasteiger partial charge in [0.2, 0.25) is 0 Å². The van der Waals surface area contributed by atoms with E-state index in [0.717, 1.165) is 28.6 Å². The quantitative estimate of drug-likeness (QED) is 0.692. The maximum Gasteiger partial charge on any atom is 0.271 e. The summed E-state index contributed by atoms with van der Waals surface area (Å²) in [5.41, 5.74) is 2.43. The number of H-pyrrole nitrogens is 1. The second-order valence-corrected chi connectivity index (χ2v) is 6.78. The minimum atomic E-state index is -0.140. The lowest BCUT2D eigenvalue weighted by Crippen LogP contribution is -2.26. The van der Waals surface area contributed by atoms with Crippen LogP contribution < -0.4 is 14.8 Å². The van der Waals surface area contributed by atoms with E-state index < -0.39 is 0 Å². The molecule has 0 saturated carbocycles. The molecule has 2 aromatic carbocycles. The molecule has 0 saturated heterocycles. The van der Waals surface area contributed by atoms with E-state index in [1.807, 2.05) is 54.6 Å². The van der Waals surface area contributed by atoms with Crippen LogP contribution in [-0.4, -0.2) is 36.1 Å². The second-order valence-electron chi connectivity index (χ2n) is 6.78. The number of methoxy groups -OCH3 is 1. The molecule has 4 rings (SSSR count).